The molecule has 0 fully saturated rings. The van der Waals surface area contributed by atoms with Gasteiger partial charge in [0.05, 0.1) is 6.61 Å². The molecule has 0 aliphatic carbocycles. The molecule has 3 rings (SSSR count). The monoisotopic (exact) mass is 344 g/mol. The molecular weight excluding hydrogens is 333 g/mol. The van der Waals surface area contributed by atoms with E-state index in [1.165, 1.54) is 0 Å². The van der Waals surface area contributed by atoms with Gasteiger partial charge in [-0.2, -0.15) is 22.8 Å². The molecule has 23 heavy (non-hydrogen) atoms. The molecule has 0 unspecified atom stereocenters. The van der Waals surface area contributed by atoms with E-state index in [0.29, 0.717) is 27.6 Å². The lowest BCUT2D eigenvalue weighted by Crippen LogP contribution is -2.11. The van der Waals surface area contributed by atoms with Crippen molar-refractivity contribution in [3.8, 4) is 11.5 Å². The zero-order valence-electron chi connectivity index (χ0n) is 11.9. The molecule has 0 N–H and O–H groups in total. The molecule has 0 radical (unpaired) electrons. The fourth-order valence-corrected chi connectivity index (χ4v) is 2.62. The molecule has 0 saturated carbocycles. The third-order valence-corrected chi connectivity index (χ3v) is 3.66. The summed E-state index contributed by atoms with van der Waals surface area (Å²) in [5, 5.41) is 10.8. The topological polar surface area (TPSA) is 61.5 Å². The van der Waals surface area contributed by atoms with Crippen LogP contribution in [-0.4, -0.2) is 26.4 Å². The summed E-state index contributed by atoms with van der Waals surface area (Å²) in [6.07, 6.45) is -4.60. The highest BCUT2D eigenvalue weighted by atomic mass is 32.1. The number of hydrogen-bond donors (Lipinski definition) is 0. The van der Waals surface area contributed by atoms with Gasteiger partial charge in [-0.15, -0.1) is 10.2 Å². The lowest BCUT2D eigenvalue weighted by atomic mass is 10.3. The lowest BCUT2D eigenvalue weighted by molar-refractivity contribution is -0.146. The van der Waals surface area contributed by atoms with Crippen LogP contribution in [0.1, 0.15) is 17.8 Å². The van der Waals surface area contributed by atoms with Crippen LogP contribution in [0.25, 0.3) is 4.96 Å². The van der Waals surface area contributed by atoms with Crippen LogP contribution in [0.4, 0.5) is 13.2 Å². The van der Waals surface area contributed by atoms with Gasteiger partial charge in [-0.1, -0.05) is 23.5 Å². The van der Waals surface area contributed by atoms with Crippen LogP contribution in [0.15, 0.2) is 24.3 Å². The highest BCUT2D eigenvalue weighted by Crippen LogP contribution is 2.30. The van der Waals surface area contributed by atoms with Crippen molar-refractivity contribution in [2.75, 3.05) is 6.61 Å². The average molecular weight is 344 g/mol. The van der Waals surface area contributed by atoms with E-state index in [4.69, 9.17) is 9.47 Å². The molecule has 0 saturated heterocycles. The molecule has 10 heteroatoms. The van der Waals surface area contributed by atoms with Crippen LogP contribution >= 0.6 is 11.3 Å². The Morgan fingerprint density at radius 2 is 1.83 bits per heavy atom. The van der Waals surface area contributed by atoms with Gasteiger partial charge in [0.2, 0.25) is 4.96 Å². The SMILES string of the molecule is CCOc1ccccc1OCc1nn2c(C(F)(F)F)nnc2s1. The average Bonchev–Trinajstić information content (AvgIpc) is 3.05. The van der Waals surface area contributed by atoms with Crippen molar-refractivity contribution in [1.29, 1.82) is 0 Å². The smallest absolute Gasteiger partial charge is 0.453 e. The van der Waals surface area contributed by atoms with Gasteiger partial charge in [0.15, 0.2) is 16.5 Å². The standard InChI is InChI=1S/C13H11F3N4O2S/c1-2-21-8-5-3-4-6-9(8)22-7-10-19-20-11(13(14,15)16)17-18-12(20)23-10/h3-6H,2,7H2,1H3. The fourth-order valence-electron chi connectivity index (χ4n) is 1.88. The molecule has 3 aromatic rings. The second kappa shape index (κ2) is 6.03. The van der Waals surface area contributed by atoms with Crippen molar-refractivity contribution < 1.29 is 22.6 Å². The van der Waals surface area contributed by atoms with Crippen LogP contribution in [0, 0.1) is 0 Å². The summed E-state index contributed by atoms with van der Waals surface area (Å²) in [4.78, 5) is 0.0639. The third kappa shape index (κ3) is 3.21. The Hall–Kier alpha value is -2.36. The minimum absolute atomic E-state index is 0.00934. The number of rotatable bonds is 5. The summed E-state index contributed by atoms with van der Waals surface area (Å²) in [5.41, 5.74) is 0. The third-order valence-electron chi connectivity index (χ3n) is 2.79. The van der Waals surface area contributed by atoms with Gasteiger partial charge in [-0.05, 0) is 19.1 Å². The first-order chi connectivity index (χ1) is 11.0. The van der Waals surface area contributed by atoms with E-state index in [-0.39, 0.29) is 11.6 Å². The second-order valence-electron chi connectivity index (χ2n) is 4.38. The maximum absolute atomic E-state index is 12.7. The summed E-state index contributed by atoms with van der Waals surface area (Å²) in [6.45, 7) is 2.33. The molecule has 0 aliphatic rings. The van der Waals surface area contributed by atoms with Crippen molar-refractivity contribution in [1.82, 2.24) is 19.8 Å². The van der Waals surface area contributed by atoms with Gasteiger partial charge >= 0.3 is 6.18 Å². The summed E-state index contributed by atoms with van der Waals surface area (Å²) < 4.78 is 49.9. The summed E-state index contributed by atoms with van der Waals surface area (Å²) >= 11 is 0.985. The van der Waals surface area contributed by atoms with E-state index in [0.717, 1.165) is 11.3 Å². The number of hydrogen-bond acceptors (Lipinski definition) is 6. The van der Waals surface area contributed by atoms with E-state index in [1.54, 1.807) is 24.3 Å². The number of para-hydroxylation sites is 2. The van der Waals surface area contributed by atoms with Crippen molar-refractivity contribution in [2.45, 2.75) is 19.7 Å². The number of aromatic nitrogens is 4. The molecule has 6 nitrogen and oxygen atoms in total. The van der Waals surface area contributed by atoms with Gasteiger partial charge in [0, 0.05) is 0 Å². The molecule has 0 amide bonds. The van der Waals surface area contributed by atoms with Gasteiger partial charge < -0.3 is 9.47 Å². The molecular formula is C13H11F3N4O2S. The molecule has 1 aromatic carbocycles. The Labute approximate surface area is 132 Å². The zero-order valence-corrected chi connectivity index (χ0v) is 12.7. The number of alkyl halides is 3. The normalized spacial score (nSPS) is 11.8. The first kappa shape index (κ1) is 15.5. The minimum atomic E-state index is -4.60. The Kier molecular flexibility index (Phi) is 4.07. The number of benzene rings is 1. The molecule has 0 spiro atoms. The summed E-state index contributed by atoms with van der Waals surface area (Å²) in [7, 11) is 0. The minimum Gasteiger partial charge on any atom is -0.490 e. The molecule has 0 atom stereocenters. The van der Waals surface area contributed by atoms with Crippen LogP contribution < -0.4 is 9.47 Å². The van der Waals surface area contributed by atoms with E-state index >= 15 is 0 Å². The fraction of sp³-hybridized carbons (Fsp3) is 0.308. The van der Waals surface area contributed by atoms with E-state index in [1.807, 2.05) is 6.92 Å². The van der Waals surface area contributed by atoms with Gasteiger partial charge in [0.25, 0.3) is 5.82 Å². The highest BCUT2D eigenvalue weighted by Gasteiger charge is 2.38. The Morgan fingerprint density at radius 1 is 1.13 bits per heavy atom. The highest BCUT2D eigenvalue weighted by molar-refractivity contribution is 7.16. The van der Waals surface area contributed by atoms with E-state index in [9.17, 15) is 13.2 Å². The van der Waals surface area contributed by atoms with Gasteiger partial charge in [-0.3, -0.25) is 0 Å². The quantitative estimate of drug-likeness (QED) is 0.711. The van der Waals surface area contributed by atoms with Crippen molar-refractivity contribution in [3.05, 3.63) is 35.1 Å². The molecule has 0 bridgehead atoms. The van der Waals surface area contributed by atoms with Crippen molar-refractivity contribution in [2.24, 2.45) is 0 Å². The Balaban J connectivity index is 1.79. The predicted octanol–water partition coefficient (Wildman–Crippen LogP) is 3.18. The largest absolute Gasteiger partial charge is 0.490 e. The lowest BCUT2D eigenvalue weighted by Gasteiger charge is -2.10. The summed E-state index contributed by atoms with van der Waals surface area (Å²) in [6, 6.07) is 7.04. The Bertz CT molecular complexity index is 815. The van der Waals surface area contributed by atoms with E-state index in [2.05, 4.69) is 15.3 Å². The van der Waals surface area contributed by atoms with Crippen LogP contribution in [0.2, 0.25) is 0 Å². The Morgan fingerprint density at radius 3 is 2.48 bits per heavy atom. The first-order valence-corrected chi connectivity index (χ1v) is 7.43. The number of ether oxygens (including phenoxy) is 2. The first-order valence-electron chi connectivity index (χ1n) is 6.62. The van der Waals surface area contributed by atoms with Gasteiger partial charge in [-0.25, -0.2) is 0 Å². The van der Waals surface area contributed by atoms with Crippen molar-refractivity contribution >= 4 is 16.3 Å². The molecule has 2 aromatic heterocycles. The van der Waals surface area contributed by atoms with Crippen LogP contribution in [0.3, 0.4) is 0 Å². The molecule has 122 valence electrons. The van der Waals surface area contributed by atoms with Crippen LogP contribution in [-0.2, 0) is 12.8 Å². The maximum atomic E-state index is 12.7. The number of nitrogens with zero attached hydrogens (tertiary/aromatic N) is 4. The maximum Gasteiger partial charge on any atom is 0.453 e. The number of fused-ring (bicyclic) bond motifs is 1. The predicted molar refractivity (Wildman–Crippen MR) is 75.6 cm³/mol. The second-order valence-corrected chi connectivity index (χ2v) is 5.42. The van der Waals surface area contributed by atoms with Gasteiger partial charge in [0.1, 0.15) is 6.61 Å². The molecule has 0 aliphatic heterocycles. The van der Waals surface area contributed by atoms with Crippen LogP contribution in [0.5, 0.6) is 11.5 Å². The van der Waals surface area contributed by atoms with E-state index < -0.39 is 12.0 Å². The summed E-state index contributed by atoms with van der Waals surface area (Å²) in [5.74, 6) is -0.0879. The van der Waals surface area contributed by atoms with Crippen molar-refractivity contribution in [3.63, 3.8) is 0 Å². The molecule has 2 heterocycles. The zero-order chi connectivity index (χ0) is 16.4. The number of halogens is 3.